The Morgan fingerprint density at radius 2 is 0.643 bits per heavy atom. The molecular formula is C70H64B3ClN2O6S2. The molecule has 8 aromatic rings. The number of halogens is 1. The highest BCUT2D eigenvalue weighted by molar-refractivity contribution is 7.99. The van der Waals surface area contributed by atoms with Crippen LogP contribution in [0.1, 0.15) is 139 Å². The highest BCUT2D eigenvalue weighted by Gasteiger charge is 2.64. The van der Waals surface area contributed by atoms with Crippen LogP contribution >= 0.6 is 35.1 Å². The van der Waals surface area contributed by atoms with Crippen LogP contribution in [0, 0.1) is 22.7 Å². The summed E-state index contributed by atoms with van der Waals surface area (Å²) in [5.74, 6) is 0. The minimum absolute atomic E-state index is 0.360. The van der Waals surface area contributed by atoms with Crippen LogP contribution in [0.4, 0.5) is 0 Å². The van der Waals surface area contributed by atoms with Crippen molar-refractivity contribution in [2.24, 2.45) is 0 Å². The van der Waals surface area contributed by atoms with E-state index in [-0.39, 0.29) is 22.4 Å². The zero-order chi connectivity index (χ0) is 59.1. The normalized spacial score (nSPS) is 20.2. The highest BCUT2D eigenvalue weighted by atomic mass is 35.5. The minimum Gasteiger partial charge on any atom is -0.405 e. The SMILES string of the molecule is CC1(C)OB(B2OC(C)(C)C(C)(C)O2)OC1(C)C.CC1(C)OB(c2ccc3c(c2)Sc2cc(C#N)ccc2C32c3ccccc3-c3ccccc32)OC1(C)C.N#Cc1ccc2c(c1)Sc1cc(Cl)ccc1C21c2ccccc2-c2ccccc21. The molecule has 84 heavy (non-hydrogen) atoms. The number of hydrogen-bond acceptors (Lipinski definition) is 10. The van der Waals surface area contributed by atoms with Crippen molar-refractivity contribution in [3.05, 3.63) is 231 Å². The average Bonchev–Trinajstić information content (AvgIpc) is 1.45. The summed E-state index contributed by atoms with van der Waals surface area (Å²) in [6, 6.07) is 64.6. The molecule has 5 aliphatic heterocycles. The molecule has 14 heteroatoms. The molecule has 7 aliphatic rings. The molecule has 8 nitrogen and oxygen atoms in total. The summed E-state index contributed by atoms with van der Waals surface area (Å²) in [7, 11) is -1.38. The highest BCUT2D eigenvalue weighted by Crippen LogP contribution is 2.64. The molecule has 8 aromatic carbocycles. The first-order valence-electron chi connectivity index (χ1n) is 28.7. The number of hydrogen-bond donors (Lipinski definition) is 0. The van der Waals surface area contributed by atoms with Gasteiger partial charge in [-0.15, -0.1) is 0 Å². The van der Waals surface area contributed by atoms with Crippen LogP contribution in [0.3, 0.4) is 0 Å². The quantitative estimate of drug-likeness (QED) is 0.156. The summed E-state index contributed by atoms with van der Waals surface area (Å²) < 4.78 is 36.7. The minimum atomic E-state index is -0.476. The van der Waals surface area contributed by atoms with E-state index < -0.39 is 43.2 Å². The fourth-order valence-electron chi connectivity index (χ4n) is 13.1. The lowest BCUT2D eigenvalue weighted by Gasteiger charge is -2.40. The Labute approximate surface area is 509 Å². The maximum absolute atomic E-state index is 9.70. The Morgan fingerprint density at radius 3 is 1.00 bits per heavy atom. The smallest absolute Gasteiger partial charge is 0.405 e. The predicted octanol–water partition coefficient (Wildman–Crippen LogP) is 16.0. The van der Waals surface area contributed by atoms with E-state index in [1.807, 2.05) is 85.7 Å². The van der Waals surface area contributed by atoms with Crippen molar-refractivity contribution in [2.75, 3.05) is 0 Å². The monoisotopic (exact) mass is 1160 g/mol. The standard InChI is InChI=1S/C32H26BNO2S.C26H14ClNS.C12H24B2O4/c1-30(2)31(3,4)36-33(35-30)21-14-16-27-29(18-21)37-28-17-20(19-34)13-15-26(28)32(27)24-11-7-5-9-22(24)23-10-6-8-12-25(23)32;27-17-10-12-23-25(14-17)29-24-13-16(15-28)9-11-22(24)26(23)20-7-3-1-5-18(20)19-6-2-4-8-21(19)26;1-9(2)10(3,4)16-13(15-9)14-17-11(5,6)12(7,8)18-14/h5-18H,1-4H3;1-14H;1-8H3. The third-order valence-electron chi connectivity index (χ3n) is 19.4. The van der Waals surface area contributed by atoms with Crippen molar-refractivity contribution in [3.8, 4) is 34.4 Å². The molecule has 0 aromatic heterocycles. The molecule has 3 fully saturated rings. The molecule has 0 saturated carbocycles. The fraction of sp³-hybridized carbons (Fsp3) is 0.286. The summed E-state index contributed by atoms with van der Waals surface area (Å²) in [4.78, 5) is 4.54. The van der Waals surface area contributed by atoms with Gasteiger partial charge >= 0.3 is 21.1 Å². The second-order valence-electron chi connectivity index (χ2n) is 25.8. The number of nitrogens with zero attached hydrogens (tertiary/aromatic N) is 2. The largest absolute Gasteiger partial charge is 0.494 e. The van der Waals surface area contributed by atoms with Crippen molar-refractivity contribution in [1.82, 2.24) is 0 Å². The van der Waals surface area contributed by atoms with Crippen molar-refractivity contribution >= 4 is 61.7 Å². The average molecular weight is 1160 g/mol. The Morgan fingerprint density at radius 1 is 0.345 bits per heavy atom. The van der Waals surface area contributed by atoms with Crippen molar-refractivity contribution in [3.63, 3.8) is 0 Å². The van der Waals surface area contributed by atoms with Crippen LogP contribution in [0.15, 0.2) is 189 Å². The lowest BCUT2D eigenvalue weighted by atomic mass is 9.49. The zero-order valence-corrected chi connectivity index (χ0v) is 51.8. The van der Waals surface area contributed by atoms with E-state index in [1.54, 1.807) is 23.5 Å². The Hall–Kier alpha value is -6.32. The van der Waals surface area contributed by atoms with Gasteiger partial charge in [0.1, 0.15) is 0 Å². The number of benzene rings is 8. The molecule has 2 spiro atoms. The van der Waals surface area contributed by atoms with Crippen molar-refractivity contribution < 1.29 is 27.9 Å². The second-order valence-corrected chi connectivity index (χ2v) is 28.4. The molecular weight excluding hydrogens is 1100 g/mol. The maximum Gasteiger partial charge on any atom is 0.494 e. The van der Waals surface area contributed by atoms with Crippen LogP contribution in [-0.4, -0.2) is 54.7 Å². The molecule has 2 aliphatic carbocycles. The van der Waals surface area contributed by atoms with Crippen LogP contribution < -0.4 is 5.46 Å². The van der Waals surface area contributed by atoms with E-state index >= 15 is 0 Å². The molecule has 15 rings (SSSR count). The number of fused-ring (bicyclic) bond motifs is 18. The van der Waals surface area contributed by atoms with Gasteiger partial charge in [0.2, 0.25) is 0 Å². The van der Waals surface area contributed by atoms with Crippen LogP contribution in [0.25, 0.3) is 22.3 Å². The molecule has 0 atom stereocenters. The lowest BCUT2D eigenvalue weighted by molar-refractivity contribution is 0.00578. The van der Waals surface area contributed by atoms with E-state index in [0.29, 0.717) is 11.1 Å². The van der Waals surface area contributed by atoms with Gasteiger partial charge in [0, 0.05) is 24.6 Å². The van der Waals surface area contributed by atoms with Gasteiger partial charge in [-0.3, -0.25) is 0 Å². The molecule has 0 N–H and O–H groups in total. The van der Waals surface area contributed by atoms with Crippen molar-refractivity contribution in [2.45, 2.75) is 147 Å². The third kappa shape index (κ3) is 8.51. The zero-order valence-electron chi connectivity index (χ0n) is 49.4. The van der Waals surface area contributed by atoms with E-state index in [4.69, 9.17) is 39.5 Å². The van der Waals surface area contributed by atoms with Gasteiger partial charge in [-0.2, -0.15) is 10.5 Å². The summed E-state index contributed by atoms with van der Waals surface area (Å²) >= 11 is 9.83. The van der Waals surface area contributed by atoms with Crippen LogP contribution in [0.2, 0.25) is 5.02 Å². The van der Waals surface area contributed by atoms with Gasteiger partial charge in [0.05, 0.1) is 67.7 Å². The number of rotatable bonds is 2. The van der Waals surface area contributed by atoms with Crippen LogP contribution in [0.5, 0.6) is 0 Å². The predicted molar refractivity (Wildman–Crippen MR) is 338 cm³/mol. The van der Waals surface area contributed by atoms with E-state index in [2.05, 4.69) is 179 Å². The summed E-state index contributed by atoms with van der Waals surface area (Å²) in [5.41, 5.74) is 14.4. The maximum atomic E-state index is 9.70. The molecule has 0 amide bonds. The third-order valence-corrected chi connectivity index (χ3v) is 21.9. The topological polar surface area (TPSA) is 103 Å². The van der Waals surface area contributed by atoms with Crippen LogP contribution in [-0.2, 0) is 38.8 Å². The Bertz CT molecular complexity index is 3960. The Kier molecular flexibility index (Phi) is 13.4. The first-order valence-corrected chi connectivity index (χ1v) is 30.7. The van der Waals surface area contributed by atoms with Gasteiger partial charge < -0.3 is 27.9 Å². The molecule has 0 bridgehead atoms. The van der Waals surface area contributed by atoms with E-state index in [1.165, 1.54) is 71.7 Å². The Balaban J connectivity index is 0.000000125. The molecule has 0 radical (unpaired) electrons. The molecule has 5 heterocycles. The first kappa shape index (κ1) is 56.8. The van der Waals surface area contributed by atoms with Gasteiger partial charge in [0.25, 0.3) is 0 Å². The molecule has 3 saturated heterocycles. The first-order chi connectivity index (χ1) is 39.9. The second kappa shape index (κ2) is 19.9. The summed E-state index contributed by atoms with van der Waals surface area (Å²) in [6.45, 7) is 24.5. The summed E-state index contributed by atoms with van der Waals surface area (Å²) in [5, 5.41) is 19.9. The fourth-order valence-corrected chi connectivity index (χ4v) is 15.9. The molecule has 0 unspecified atom stereocenters. The van der Waals surface area contributed by atoms with Gasteiger partial charge in [-0.25, -0.2) is 0 Å². The van der Waals surface area contributed by atoms with Gasteiger partial charge in [-0.05, 0) is 198 Å². The van der Waals surface area contributed by atoms with Crippen molar-refractivity contribution in [1.29, 1.82) is 10.5 Å². The lowest BCUT2D eigenvalue weighted by Crippen LogP contribution is -2.41. The summed E-state index contributed by atoms with van der Waals surface area (Å²) in [6.07, 6.45) is 0. The van der Waals surface area contributed by atoms with E-state index in [9.17, 15) is 10.5 Å². The van der Waals surface area contributed by atoms with Gasteiger partial charge in [0.15, 0.2) is 0 Å². The molecule has 418 valence electrons. The van der Waals surface area contributed by atoms with Gasteiger partial charge in [-0.1, -0.05) is 163 Å². The van der Waals surface area contributed by atoms with E-state index in [0.717, 1.165) is 25.2 Å². The number of nitriles is 2.